The summed E-state index contributed by atoms with van der Waals surface area (Å²) in [6, 6.07) is 1.12. The average Bonchev–Trinajstić information content (AvgIpc) is 2.12. The lowest BCUT2D eigenvalue weighted by Gasteiger charge is -2.22. The molecule has 0 atom stereocenters. The van der Waals surface area contributed by atoms with E-state index < -0.39 is 0 Å². The molecule has 0 amide bonds. The fourth-order valence-electron chi connectivity index (χ4n) is 0.893. The van der Waals surface area contributed by atoms with Gasteiger partial charge in [-0.1, -0.05) is 19.9 Å². The maximum atomic E-state index is 5.63. The van der Waals surface area contributed by atoms with E-state index in [4.69, 9.17) is 15.2 Å². The first-order chi connectivity index (χ1) is 6.05. The van der Waals surface area contributed by atoms with Crippen molar-refractivity contribution in [3.8, 4) is 0 Å². The van der Waals surface area contributed by atoms with Crippen molar-refractivity contribution < 1.29 is 9.47 Å². The average molecular weight is 203 g/mol. The molecule has 4 heteroatoms. The number of nitrogens with two attached hydrogens (primary N) is 1. The molecule has 0 saturated heterocycles. The second-order valence-electron chi connectivity index (χ2n) is 3.88. The van der Waals surface area contributed by atoms with Gasteiger partial charge in [-0.25, -0.2) is 0 Å². The quantitative estimate of drug-likeness (QED) is 0.497. The van der Waals surface area contributed by atoms with Crippen molar-refractivity contribution in [1.29, 1.82) is 0 Å². The molecule has 2 radical (unpaired) electrons. The predicted octanol–water partition coefficient (Wildman–Crippen LogP) is 1.06. The van der Waals surface area contributed by atoms with Gasteiger partial charge >= 0.3 is 0 Å². The molecule has 0 aromatic rings. The summed E-state index contributed by atoms with van der Waals surface area (Å²) in [5.41, 5.74) is 5.88. The summed E-state index contributed by atoms with van der Waals surface area (Å²) >= 11 is 0. The number of methoxy groups -OCH3 is 2. The van der Waals surface area contributed by atoms with Crippen LogP contribution in [0.25, 0.3) is 0 Å². The zero-order valence-corrected chi connectivity index (χ0v) is 10.1. The first-order valence-electron chi connectivity index (χ1n) is 4.55. The van der Waals surface area contributed by atoms with E-state index in [1.165, 1.54) is 0 Å². The Balaban J connectivity index is 3.54. The maximum absolute atomic E-state index is 5.63. The van der Waals surface area contributed by atoms with Crippen LogP contribution < -0.4 is 5.73 Å². The molecule has 0 aliphatic carbocycles. The highest BCUT2D eigenvalue weighted by Gasteiger charge is 2.16. The van der Waals surface area contributed by atoms with Gasteiger partial charge in [-0.05, 0) is 18.4 Å². The Hall–Kier alpha value is 0.0969. The van der Waals surface area contributed by atoms with E-state index in [-0.39, 0.29) is 11.3 Å². The first-order valence-corrected chi connectivity index (χ1v) is 5.83. The smallest absolute Gasteiger partial charge is 0.136 e. The van der Waals surface area contributed by atoms with Crippen molar-refractivity contribution in [2.75, 3.05) is 20.8 Å². The fraction of sp³-hybridized carbons (Fsp3) is 1.00. The Morgan fingerprint density at radius 2 is 1.85 bits per heavy atom. The summed E-state index contributed by atoms with van der Waals surface area (Å²) in [6.07, 6.45) is 1.13. The molecule has 0 unspecified atom stereocenters. The van der Waals surface area contributed by atoms with Crippen LogP contribution in [-0.2, 0) is 9.47 Å². The van der Waals surface area contributed by atoms with Gasteiger partial charge in [0, 0.05) is 14.2 Å². The van der Waals surface area contributed by atoms with Gasteiger partial charge in [0.1, 0.15) is 15.4 Å². The van der Waals surface area contributed by atoms with Crippen molar-refractivity contribution in [2.45, 2.75) is 32.2 Å². The summed E-state index contributed by atoms with van der Waals surface area (Å²) in [5.74, 6) is -0.0337. The number of rotatable bonds is 7. The third-order valence-corrected chi connectivity index (χ3v) is 3.44. The Morgan fingerprint density at radius 1 is 1.31 bits per heavy atom. The lowest BCUT2D eigenvalue weighted by Crippen LogP contribution is -2.26. The molecule has 0 fully saturated rings. The Bertz CT molecular complexity index is 127. The van der Waals surface area contributed by atoms with Crippen LogP contribution in [0.3, 0.4) is 0 Å². The van der Waals surface area contributed by atoms with Crippen LogP contribution in [0.5, 0.6) is 0 Å². The minimum Gasteiger partial charge on any atom is -0.360 e. The van der Waals surface area contributed by atoms with E-state index in [9.17, 15) is 0 Å². The summed E-state index contributed by atoms with van der Waals surface area (Å²) < 4.78 is 10.2. The molecule has 3 nitrogen and oxygen atoms in total. The van der Waals surface area contributed by atoms with Crippen LogP contribution in [0.2, 0.25) is 6.04 Å². The largest absolute Gasteiger partial charge is 0.360 e. The minimum absolute atomic E-state index is 0.0337. The van der Waals surface area contributed by atoms with Gasteiger partial charge < -0.3 is 15.2 Å². The number of hydrogen-bond acceptors (Lipinski definition) is 3. The summed E-state index contributed by atoms with van der Waals surface area (Å²) in [7, 11) is 4.05. The van der Waals surface area contributed by atoms with E-state index in [0.717, 1.165) is 19.0 Å². The van der Waals surface area contributed by atoms with Crippen LogP contribution in [0.4, 0.5) is 0 Å². The van der Waals surface area contributed by atoms with Crippen LogP contribution >= 0.6 is 0 Å². The number of hydrogen-bond donors (Lipinski definition) is 1. The lowest BCUT2D eigenvalue weighted by atomic mass is 9.91. The molecule has 0 saturated carbocycles. The van der Waals surface area contributed by atoms with Gasteiger partial charge in [0.25, 0.3) is 0 Å². The highest BCUT2D eigenvalue weighted by Crippen LogP contribution is 2.20. The summed E-state index contributed by atoms with van der Waals surface area (Å²) in [5, 5.41) is 0. The highest BCUT2D eigenvalue weighted by molar-refractivity contribution is 6.36. The maximum Gasteiger partial charge on any atom is 0.136 e. The fourth-order valence-corrected chi connectivity index (χ4v) is 2.28. The zero-order valence-electron chi connectivity index (χ0n) is 9.09. The Kier molecular flexibility index (Phi) is 6.58. The van der Waals surface area contributed by atoms with Crippen molar-refractivity contribution in [1.82, 2.24) is 0 Å². The SMILES string of the molecule is COC(OC)[Si]CCC(C)(C)CN. The van der Waals surface area contributed by atoms with Crippen molar-refractivity contribution in [3.05, 3.63) is 0 Å². The van der Waals surface area contributed by atoms with Crippen molar-refractivity contribution in [2.24, 2.45) is 11.1 Å². The van der Waals surface area contributed by atoms with Crippen molar-refractivity contribution >= 4 is 9.52 Å². The molecular formula is C9H21NO2Si. The first kappa shape index (κ1) is 13.1. The topological polar surface area (TPSA) is 44.5 Å². The molecule has 0 rings (SSSR count). The monoisotopic (exact) mass is 203 g/mol. The molecule has 2 N–H and O–H groups in total. The van der Waals surface area contributed by atoms with E-state index in [2.05, 4.69) is 13.8 Å². The van der Waals surface area contributed by atoms with Gasteiger partial charge in [0.05, 0.1) is 0 Å². The second-order valence-corrected chi connectivity index (χ2v) is 5.26. The van der Waals surface area contributed by atoms with Crippen LogP contribution in [0.1, 0.15) is 20.3 Å². The third kappa shape index (κ3) is 6.21. The van der Waals surface area contributed by atoms with Crippen LogP contribution in [0, 0.1) is 5.41 Å². The van der Waals surface area contributed by atoms with E-state index >= 15 is 0 Å². The third-order valence-electron chi connectivity index (χ3n) is 2.09. The van der Waals surface area contributed by atoms with Gasteiger partial charge in [-0.15, -0.1) is 0 Å². The summed E-state index contributed by atoms with van der Waals surface area (Å²) in [6.45, 7) is 5.11. The molecule has 0 aliphatic rings. The zero-order chi connectivity index (χ0) is 10.3. The van der Waals surface area contributed by atoms with Gasteiger partial charge in [-0.3, -0.25) is 0 Å². The highest BCUT2D eigenvalue weighted by atomic mass is 28.2. The van der Waals surface area contributed by atoms with E-state index in [1.54, 1.807) is 14.2 Å². The standard InChI is InChI=1S/C9H21NO2Si/c1-9(2,7-10)5-6-13-8(11-3)12-4/h8H,5-7,10H2,1-4H3. The molecule has 0 aliphatic heterocycles. The molecule has 78 valence electrons. The Labute approximate surface area is 83.8 Å². The Morgan fingerprint density at radius 3 is 2.23 bits per heavy atom. The van der Waals surface area contributed by atoms with Crippen LogP contribution in [-0.4, -0.2) is 36.2 Å². The minimum atomic E-state index is -0.0337. The molecule has 13 heavy (non-hydrogen) atoms. The van der Waals surface area contributed by atoms with Gasteiger partial charge in [0.2, 0.25) is 0 Å². The number of ether oxygens (including phenoxy) is 2. The predicted molar refractivity (Wildman–Crippen MR) is 55.8 cm³/mol. The van der Waals surface area contributed by atoms with Crippen LogP contribution in [0.15, 0.2) is 0 Å². The molecule has 0 aromatic carbocycles. The molecule has 0 heterocycles. The molecule has 0 spiro atoms. The summed E-state index contributed by atoms with van der Waals surface area (Å²) in [4.78, 5) is 0. The second kappa shape index (κ2) is 6.54. The van der Waals surface area contributed by atoms with Crippen molar-refractivity contribution in [3.63, 3.8) is 0 Å². The van der Waals surface area contributed by atoms with Gasteiger partial charge in [-0.2, -0.15) is 0 Å². The molecule has 0 bridgehead atoms. The molecular weight excluding hydrogens is 182 g/mol. The van der Waals surface area contributed by atoms with E-state index in [1.807, 2.05) is 0 Å². The lowest BCUT2D eigenvalue weighted by molar-refractivity contribution is -0.0442. The normalized spacial score (nSPS) is 12.5. The van der Waals surface area contributed by atoms with E-state index in [0.29, 0.717) is 9.52 Å². The van der Waals surface area contributed by atoms with Gasteiger partial charge in [0.15, 0.2) is 0 Å². The molecule has 0 aromatic heterocycles.